The highest BCUT2D eigenvalue weighted by atomic mass is 79.9. The molecule has 0 atom stereocenters. The number of carbonyl (C=O) groups excluding carboxylic acids is 3. The molecule has 0 saturated carbocycles. The van der Waals surface area contributed by atoms with Gasteiger partial charge >= 0.3 is 11.9 Å². The van der Waals surface area contributed by atoms with Crippen LogP contribution in [0, 0.1) is 0 Å². The van der Waals surface area contributed by atoms with Crippen LogP contribution in [0.15, 0.2) is 113 Å². The summed E-state index contributed by atoms with van der Waals surface area (Å²) in [7, 11) is 0. The van der Waals surface area contributed by atoms with Crippen molar-refractivity contribution in [1.82, 2.24) is 5.43 Å². The molecule has 0 aromatic heterocycles. The van der Waals surface area contributed by atoms with Crippen LogP contribution in [-0.4, -0.2) is 24.1 Å². The number of hydrogen-bond donors (Lipinski definition) is 1. The molecule has 4 aromatic rings. The molecule has 194 valence electrons. The lowest BCUT2D eigenvalue weighted by atomic mass is 10.2. The minimum absolute atomic E-state index is 0.247. The van der Waals surface area contributed by atoms with Crippen LogP contribution in [0.1, 0.15) is 31.8 Å². The number of ether oxygens (including phenoxy) is 2. The predicted molar refractivity (Wildman–Crippen MR) is 153 cm³/mol. The summed E-state index contributed by atoms with van der Waals surface area (Å²) in [6.45, 7) is 0. The summed E-state index contributed by atoms with van der Waals surface area (Å²) in [5, 5.41) is 4.48. The Hall–Kier alpha value is -4.53. The first-order valence-electron chi connectivity index (χ1n) is 11.5. The second-order valence-electron chi connectivity index (χ2n) is 7.93. The molecule has 0 unspecified atom stereocenters. The monoisotopic (exact) mass is 602 g/mol. The summed E-state index contributed by atoms with van der Waals surface area (Å²) in [6.07, 6.45) is 4.09. The number of nitrogens with one attached hydrogen (secondary N) is 1. The van der Waals surface area contributed by atoms with Gasteiger partial charge in [-0.1, -0.05) is 57.9 Å². The molecule has 0 saturated heterocycles. The second kappa shape index (κ2) is 13.3. The number of amides is 1. The highest BCUT2D eigenvalue weighted by Gasteiger charge is 2.11. The molecule has 0 bridgehead atoms. The fraction of sp³-hybridized carbons (Fsp3) is 0. The quantitative estimate of drug-likeness (QED) is 0.0795. The van der Waals surface area contributed by atoms with Gasteiger partial charge in [-0.15, -0.1) is 0 Å². The predicted octanol–water partition coefficient (Wildman–Crippen LogP) is 6.70. The molecule has 0 aliphatic heterocycles. The minimum Gasteiger partial charge on any atom is -0.423 e. The van der Waals surface area contributed by atoms with Crippen LogP contribution in [0.5, 0.6) is 11.5 Å². The third-order valence-corrected chi connectivity index (χ3v) is 5.99. The van der Waals surface area contributed by atoms with E-state index in [0.717, 1.165) is 4.47 Å². The molecule has 0 heterocycles. The summed E-state index contributed by atoms with van der Waals surface area (Å²) >= 11 is 9.20. The highest BCUT2D eigenvalue weighted by molar-refractivity contribution is 9.10. The lowest BCUT2D eigenvalue weighted by molar-refractivity contribution is -0.128. The van der Waals surface area contributed by atoms with Gasteiger partial charge in [0.25, 0.3) is 5.91 Å². The largest absolute Gasteiger partial charge is 0.423 e. The van der Waals surface area contributed by atoms with E-state index < -0.39 is 11.9 Å². The minimum atomic E-state index is -0.659. The Morgan fingerprint density at radius 2 is 1.33 bits per heavy atom. The van der Waals surface area contributed by atoms with E-state index in [1.54, 1.807) is 97.1 Å². The number of carbonyl (C=O) groups is 3. The van der Waals surface area contributed by atoms with Crippen LogP contribution in [0.25, 0.3) is 6.08 Å². The van der Waals surface area contributed by atoms with Crippen LogP contribution in [0.4, 0.5) is 0 Å². The summed E-state index contributed by atoms with van der Waals surface area (Å²) in [4.78, 5) is 37.3. The Kier molecular flexibility index (Phi) is 9.39. The first-order valence-corrected chi connectivity index (χ1v) is 12.7. The van der Waals surface area contributed by atoms with E-state index in [0.29, 0.717) is 27.3 Å². The Balaban J connectivity index is 1.40. The number of nitrogens with zero attached hydrogens (tertiary/aromatic N) is 1. The molecule has 1 amide bonds. The van der Waals surface area contributed by atoms with Gasteiger partial charge in [-0.05, 0) is 72.8 Å². The molecule has 0 radical (unpaired) electrons. The Bertz CT molecular complexity index is 1550. The number of halogens is 2. The first-order chi connectivity index (χ1) is 18.9. The van der Waals surface area contributed by atoms with Gasteiger partial charge in [-0.25, -0.2) is 15.0 Å². The maximum Gasteiger partial charge on any atom is 0.343 e. The SMILES string of the molecule is O=C(/C=C/c1ccccc1OC(=O)c1ccc(Cl)cc1)Oc1ccccc1/C=N/NC(=O)c1ccc(Br)cc1. The maximum absolute atomic E-state index is 12.6. The van der Waals surface area contributed by atoms with E-state index in [1.165, 1.54) is 18.4 Å². The van der Waals surface area contributed by atoms with Crippen molar-refractivity contribution in [2.75, 3.05) is 0 Å². The van der Waals surface area contributed by atoms with Crippen LogP contribution in [0.3, 0.4) is 0 Å². The Morgan fingerprint density at radius 1 is 0.744 bits per heavy atom. The zero-order chi connectivity index (χ0) is 27.6. The number of rotatable bonds is 8. The smallest absolute Gasteiger partial charge is 0.343 e. The number of benzene rings is 4. The van der Waals surface area contributed by atoms with E-state index in [2.05, 4.69) is 26.5 Å². The molecule has 9 heteroatoms. The van der Waals surface area contributed by atoms with Gasteiger partial charge in [-0.2, -0.15) is 5.10 Å². The average molecular weight is 604 g/mol. The van der Waals surface area contributed by atoms with E-state index >= 15 is 0 Å². The summed E-state index contributed by atoms with van der Waals surface area (Å²) < 4.78 is 11.8. The zero-order valence-electron chi connectivity index (χ0n) is 20.2. The van der Waals surface area contributed by atoms with Gasteiger partial charge in [0.1, 0.15) is 11.5 Å². The lowest BCUT2D eigenvalue weighted by Gasteiger charge is -2.08. The lowest BCUT2D eigenvalue weighted by Crippen LogP contribution is -2.17. The molecule has 1 N–H and O–H groups in total. The molecule has 0 spiro atoms. The normalized spacial score (nSPS) is 10.9. The van der Waals surface area contributed by atoms with Gasteiger partial charge in [0.15, 0.2) is 0 Å². The highest BCUT2D eigenvalue weighted by Crippen LogP contribution is 2.22. The third-order valence-electron chi connectivity index (χ3n) is 5.21. The van der Waals surface area contributed by atoms with Crippen molar-refractivity contribution >= 4 is 57.7 Å². The molecular weight excluding hydrogens is 584 g/mol. The van der Waals surface area contributed by atoms with E-state index in [4.69, 9.17) is 21.1 Å². The number of hydrazone groups is 1. The molecule has 0 fully saturated rings. The van der Waals surface area contributed by atoms with Crippen molar-refractivity contribution < 1.29 is 23.9 Å². The zero-order valence-corrected chi connectivity index (χ0v) is 22.6. The maximum atomic E-state index is 12.6. The van der Waals surface area contributed by atoms with E-state index in [9.17, 15) is 14.4 Å². The van der Waals surface area contributed by atoms with Crippen molar-refractivity contribution in [2.24, 2.45) is 5.10 Å². The van der Waals surface area contributed by atoms with Crippen molar-refractivity contribution in [3.8, 4) is 11.5 Å². The molecule has 4 aromatic carbocycles. The van der Waals surface area contributed by atoms with Gasteiger partial charge < -0.3 is 9.47 Å². The number of esters is 2. The van der Waals surface area contributed by atoms with Gasteiger partial charge in [0.05, 0.1) is 11.8 Å². The van der Waals surface area contributed by atoms with E-state index in [1.807, 2.05) is 0 Å². The number of para-hydroxylation sites is 2. The van der Waals surface area contributed by atoms with E-state index in [-0.39, 0.29) is 17.4 Å². The Morgan fingerprint density at radius 3 is 2.03 bits per heavy atom. The second-order valence-corrected chi connectivity index (χ2v) is 9.28. The average Bonchev–Trinajstić information content (AvgIpc) is 2.94. The molecule has 7 nitrogen and oxygen atoms in total. The van der Waals surface area contributed by atoms with Crippen molar-refractivity contribution in [2.45, 2.75) is 0 Å². The summed E-state index contributed by atoms with van der Waals surface area (Å²) in [5.41, 5.74) is 4.21. The van der Waals surface area contributed by atoms with Crippen LogP contribution in [-0.2, 0) is 4.79 Å². The molecule has 0 aliphatic rings. The summed E-state index contributed by atoms with van der Waals surface area (Å²) in [5.74, 6) is -1.08. The fourth-order valence-corrected chi connectivity index (χ4v) is 3.65. The standard InChI is InChI=1S/C30H20BrClN2O5/c31-24-14-9-21(10-15-24)29(36)34-33-19-23-6-2-4-8-27(23)38-28(35)18-13-20-5-1-3-7-26(20)39-30(37)22-11-16-25(32)17-12-22/h1-19H,(H,34,36)/b18-13+,33-19+. The number of hydrogen-bond acceptors (Lipinski definition) is 6. The fourth-order valence-electron chi connectivity index (χ4n) is 3.26. The molecule has 39 heavy (non-hydrogen) atoms. The third kappa shape index (κ3) is 7.98. The topological polar surface area (TPSA) is 94.1 Å². The first kappa shape index (κ1) is 27.5. The van der Waals surface area contributed by atoms with Crippen LogP contribution < -0.4 is 14.9 Å². The van der Waals surface area contributed by atoms with Crippen molar-refractivity contribution in [3.05, 3.63) is 135 Å². The molecule has 0 aliphatic carbocycles. The molecular formula is C30H20BrClN2O5. The van der Waals surface area contributed by atoms with Crippen LogP contribution in [0.2, 0.25) is 5.02 Å². The van der Waals surface area contributed by atoms with Gasteiger partial charge in [0, 0.05) is 32.3 Å². The van der Waals surface area contributed by atoms with Crippen molar-refractivity contribution in [3.63, 3.8) is 0 Å². The summed E-state index contributed by atoms with van der Waals surface area (Å²) in [6, 6.07) is 26.7. The van der Waals surface area contributed by atoms with Gasteiger partial charge in [-0.3, -0.25) is 4.79 Å². The van der Waals surface area contributed by atoms with Crippen LogP contribution >= 0.6 is 27.5 Å². The van der Waals surface area contributed by atoms with Gasteiger partial charge in [0.2, 0.25) is 0 Å². The molecule has 4 rings (SSSR count). The Labute approximate surface area is 237 Å². The van der Waals surface area contributed by atoms with Crippen molar-refractivity contribution in [1.29, 1.82) is 0 Å².